The second kappa shape index (κ2) is 15.4. The van der Waals surface area contributed by atoms with Gasteiger partial charge in [-0.15, -0.1) is 0 Å². The fraction of sp³-hybridized carbons (Fsp3) is 0.304. The van der Waals surface area contributed by atoms with Crippen LogP contribution in [0, 0.1) is 0 Å². The summed E-state index contributed by atoms with van der Waals surface area (Å²) in [6.07, 6.45) is 7.55. The minimum atomic E-state index is -0.199. The Morgan fingerprint density at radius 1 is 0.686 bits per heavy atom. The standard InChI is InChI=1S/C23H24Br4N4O4/c24-16-8-14(22(34)18(26)10-16)12-28-30-20(32)6-4-2-1-3-5-7-21(33)31-29-13-15-9-17(25)11-19(27)23(15)35/h8-13,34-35H,1-7H2,(H,30,32)(H,31,33)/b28-12+,29-13+. The van der Waals surface area contributed by atoms with Gasteiger partial charge in [0.05, 0.1) is 21.4 Å². The molecule has 8 nitrogen and oxygen atoms in total. The Morgan fingerprint density at radius 3 is 1.46 bits per heavy atom. The lowest BCUT2D eigenvalue weighted by molar-refractivity contribution is -0.121. The van der Waals surface area contributed by atoms with Crippen molar-refractivity contribution in [2.75, 3.05) is 0 Å². The summed E-state index contributed by atoms with van der Waals surface area (Å²) < 4.78 is 2.60. The number of carbonyl (C=O) groups is 2. The zero-order chi connectivity index (χ0) is 25.8. The zero-order valence-corrected chi connectivity index (χ0v) is 24.9. The average molecular weight is 740 g/mol. The lowest BCUT2D eigenvalue weighted by atomic mass is 10.1. The topological polar surface area (TPSA) is 123 Å². The lowest BCUT2D eigenvalue weighted by Gasteiger charge is -2.04. The van der Waals surface area contributed by atoms with Crippen LogP contribution >= 0.6 is 63.7 Å². The van der Waals surface area contributed by atoms with Crippen molar-refractivity contribution < 1.29 is 19.8 Å². The predicted molar refractivity (Wildman–Crippen MR) is 151 cm³/mol. The molecule has 0 fully saturated rings. The number of hydrazone groups is 2. The zero-order valence-electron chi connectivity index (χ0n) is 18.5. The van der Waals surface area contributed by atoms with Gasteiger partial charge in [-0.25, -0.2) is 10.9 Å². The van der Waals surface area contributed by atoms with Gasteiger partial charge in [-0.05, 0) is 69.0 Å². The van der Waals surface area contributed by atoms with E-state index in [1.165, 1.54) is 12.4 Å². The molecule has 2 amide bonds. The van der Waals surface area contributed by atoms with Crippen LogP contribution in [0.1, 0.15) is 56.1 Å². The number of carbonyl (C=O) groups excluding carboxylic acids is 2. The van der Waals surface area contributed by atoms with Crippen LogP contribution in [0.5, 0.6) is 11.5 Å². The van der Waals surface area contributed by atoms with Gasteiger partial charge in [0, 0.05) is 32.9 Å². The summed E-state index contributed by atoms with van der Waals surface area (Å²) in [7, 11) is 0. The fourth-order valence-electron chi connectivity index (χ4n) is 2.93. The number of halogens is 4. The summed E-state index contributed by atoms with van der Waals surface area (Å²) in [6, 6.07) is 6.80. The first kappa shape index (κ1) is 29.5. The molecule has 188 valence electrons. The highest BCUT2D eigenvalue weighted by Gasteiger charge is 2.07. The van der Waals surface area contributed by atoms with Crippen LogP contribution in [0.2, 0.25) is 0 Å². The molecule has 0 atom stereocenters. The molecule has 0 aliphatic rings. The van der Waals surface area contributed by atoms with E-state index in [2.05, 4.69) is 84.8 Å². The van der Waals surface area contributed by atoms with Crippen LogP contribution in [0.4, 0.5) is 0 Å². The van der Waals surface area contributed by atoms with Gasteiger partial charge in [-0.1, -0.05) is 51.1 Å². The van der Waals surface area contributed by atoms with Gasteiger partial charge in [0.15, 0.2) is 0 Å². The first-order valence-corrected chi connectivity index (χ1v) is 13.8. The maximum absolute atomic E-state index is 11.9. The largest absolute Gasteiger partial charge is 0.506 e. The third kappa shape index (κ3) is 10.8. The first-order valence-electron chi connectivity index (χ1n) is 10.7. The van der Waals surface area contributed by atoms with Gasteiger partial charge in [0.25, 0.3) is 0 Å². The quantitative estimate of drug-likeness (QED) is 0.113. The molecule has 0 saturated heterocycles. The molecule has 2 rings (SSSR count). The molecule has 0 aromatic heterocycles. The summed E-state index contributed by atoms with van der Waals surface area (Å²) in [5, 5.41) is 27.7. The number of hydrogen-bond acceptors (Lipinski definition) is 6. The number of amides is 2. The number of unbranched alkanes of at least 4 members (excludes halogenated alkanes) is 4. The molecule has 35 heavy (non-hydrogen) atoms. The van der Waals surface area contributed by atoms with E-state index in [1.807, 2.05) is 0 Å². The monoisotopic (exact) mass is 736 g/mol. The normalized spacial score (nSPS) is 11.3. The number of nitrogens with one attached hydrogen (secondary N) is 2. The number of rotatable bonds is 12. The maximum atomic E-state index is 11.9. The number of phenolic OH excluding ortho intramolecular Hbond substituents is 2. The van der Waals surface area contributed by atoms with Gasteiger partial charge in [0.2, 0.25) is 11.8 Å². The van der Waals surface area contributed by atoms with Gasteiger partial charge in [-0.2, -0.15) is 10.2 Å². The van der Waals surface area contributed by atoms with Crippen LogP contribution in [0.15, 0.2) is 52.4 Å². The van der Waals surface area contributed by atoms with Crippen molar-refractivity contribution in [1.29, 1.82) is 0 Å². The van der Waals surface area contributed by atoms with Crippen LogP contribution in [0.25, 0.3) is 0 Å². The Bertz CT molecular complexity index is 1020. The molecule has 2 aromatic carbocycles. The predicted octanol–water partition coefficient (Wildman–Crippen LogP) is 6.48. The van der Waals surface area contributed by atoms with Gasteiger partial charge < -0.3 is 10.2 Å². The van der Waals surface area contributed by atoms with Gasteiger partial charge in [-0.3, -0.25) is 9.59 Å². The van der Waals surface area contributed by atoms with Crippen molar-refractivity contribution in [1.82, 2.24) is 10.9 Å². The van der Waals surface area contributed by atoms with E-state index >= 15 is 0 Å². The number of hydrogen-bond donors (Lipinski definition) is 4. The second-order valence-corrected chi connectivity index (χ2v) is 11.0. The van der Waals surface area contributed by atoms with Crippen LogP contribution in [-0.4, -0.2) is 34.5 Å². The van der Waals surface area contributed by atoms with E-state index in [4.69, 9.17) is 0 Å². The van der Waals surface area contributed by atoms with E-state index in [9.17, 15) is 19.8 Å². The summed E-state index contributed by atoms with van der Waals surface area (Å²) in [5.74, 6) is -0.307. The molecule has 0 saturated carbocycles. The minimum Gasteiger partial charge on any atom is -0.506 e. The van der Waals surface area contributed by atoms with E-state index in [0.717, 1.165) is 41.0 Å². The molecule has 0 aliphatic carbocycles. The lowest BCUT2D eigenvalue weighted by Crippen LogP contribution is -2.17. The molecular formula is C23H24Br4N4O4. The highest BCUT2D eigenvalue weighted by molar-refractivity contribution is 9.11. The molecular weight excluding hydrogens is 716 g/mol. The molecule has 2 aromatic rings. The number of aromatic hydroxyl groups is 2. The average Bonchev–Trinajstić information content (AvgIpc) is 2.79. The van der Waals surface area contributed by atoms with Crippen molar-refractivity contribution in [3.05, 3.63) is 53.3 Å². The Hall–Kier alpha value is -1.76. The Labute approximate surface area is 237 Å². The SMILES string of the molecule is O=C(CCCCCCCC(=O)N/N=C/c1cc(Br)cc(Br)c1O)N/N=C/c1cc(Br)cc(Br)c1O. The van der Waals surface area contributed by atoms with Crippen molar-refractivity contribution in [3.8, 4) is 11.5 Å². The number of benzene rings is 2. The third-order valence-electron chi connectivity index (χ3n) is 4.71. The van der Waals surface area contributed by atoms with Crippen LogP contribution in [-0.2, 0) is 9.59 Å². The molecule has 0 radical (unpaired) electrons. The summed E-state index contributed by atoms with van der Waals surface area (Å²) >= 11 is 13.2. The highest BCUT2D eigenvalue weighted by atomic mass is 79.9. The second-order valence-electron chi connectivity index (χ2n) is 7.51. The van der Waals surface area contributed by atoms with E-state index in [1.54, 1.807) is 24.3 Å². The number of nitrogens with zero attached hydrogens (tertiary/aromatic N) is 2. The van der Waals surface area contributed by atoms with Crippen molar-refractivity contribution >= 4 is 88.0 Å². The Kier molecular flexibility index (Phi) is 12.9. The fourth-order valence-corrected chi connectivity index (χ4v) is 5.45. The summed E-state index contributed by atoms with van der Waals surface area (Å²) in [6.45, 7) is 0. The Morgan fingerprint density at radius 2 is 1.06 bits per heavy atom. The molecule has 0 spiro atoms. The summed E-state index contributed by atoms with van der Waals surface area (Å²) in [4.78, 5) is 23.8. The molecule has 12 heteroatoms. The van der Waals surface area contributed by atoms with Crippen molar-refractivity contribution in [3.63, 3.8) is 0 Å². The molecule has 0 unspecified atom stereocenters. The summed E-state index contributed by atoms with van der Waals surface area (Å²) in [5.41, 5.74) is 5.86. The molecule has 0 bridgehead atoms. The van der Waals surface area contributed by atoms with Crippen molar-refractivity contribution in [2.45, 2.75) is 44.9 Å². The van der Waals surface area contributed by atoms with Crippen molar-refractivity contribution in [2.24, 2.45) is 10.2 Å². The molecule has 0 heterocycles. The maximum Gasteiger partial charge on any atom is 0.240 e. The minimum absolute atomic E-state index is 0.0451. The van der Waals surface area contributed by atoms with Crippen LogP contribution in [0.3, 0.4) is 0 Å². The smallest absolute Gasteiger partial charge is 0.240 e. The molecule has 0 aliphatic heterocycles. The highest BCUT2D eigenvalue weighted by Crippen LogP contribution is 2.31. The van der Waals surface area contributed by atoms with Gasteiger partial charge in [0.1, 0.15) is 11.5 Å². The van der Waals surface area contributed by atoms with Gasteiger partial charge >= 0.3 is 0 Å². The molecule has 4 N–H and O–H groups in total. The van der Waals surface area contributed by atoms with E-state index in [-0.39, 0.29) is 23.3 Å². The van der Waals surface area contributed by atoms with Crippen LogP contribution < -0.4 is 10.9 Å². The van der Waals surface area contributed by atoms with E-state index in [0.29, 0.717) is 32.9 Å². The number of phenols is 2. The van der Waals surface area contributed by atoms with E-state index < -0.39 is 0 Å². The first-order chi connectivity index (χ1) is 16.7. The Balaban J connectivity index is 1.56. The third-order valence-corrected chi connectivity index (χ3v) is 6.83.